The number of nitrogens with zero attached hydrogens (tertiary/aromatic N) is 1. The van der Waals surface area contributed by atoms with Gasteiger partial charge in [0.05, 0.1) is 5.69 Å². The van der Waals surface area contributed by atoms with Crippen molar-refractivity contribution in [2.75, 3.05) is 0 Å². The van der Waals surface area contributed by atoms with Crippen LogP contribution in [0.3, 0.4) is 0 Å². The fraction of sp³-hybridized carbons (Fsp3) is 0.222. The molecule has 5 nitrogen and oxygen atoms in total. The minimum absolute atomic E-state index is 0.152. The summed E-state index contributed by atoms with van der Waals surface area (Å²) in [5, 5.41) is 0.152. The van der Waals surface area contributed by atoms with E-state index in [2.05, 4.69) is 21.7 Å². The molecule has 1 rings (SSSR count). The zero-order chi connectivity index (χ0) is 11.6. The Kier molecular flexibility index (Phi) is 3.26. The van der Waals surface area contributed by atoms with Crippen LogP contribution in [-0.2, 0) is 0 Å². The van der Waals surface area contributed by atoms with Gasteiger partial charge in [-0.1, -0.05) is 11.6 Å². The third-order valence-corrected chi connectivity index (χ3v) is 2.41. The van der Waals surface area contributed by atoms with Crippen LogP contribution >= 0.6 is 11.6 Å². The highest BCUT2D eigenvalue weighted by atomic mass is 35.5. The van der Waals surface area contributed by atoms with Gasteiger partial charge in [0.25, 0.3) is 5.56 Å². The highest BCUT2D eigenvalue weighted by Gasteiger charge is 2.08. The zero-order valence-electron chi connectivity index (χ0n) is 8.35. The molecule has 0 aliphatic rings. The lowest BCUT2D eigenvalue weighted by Gasteiger charge is -2.04. The molecule has 0 unspecified atom stereocenters. The molecule has 0 radical (unpaired) electrons. The minimum atomic E-state index is -0.575. The van der Waals surface area contributed by atoms with Gasteiger partial charge in [-0.15, -0.1) is 0 Å². The number of aliphatic imine (C=N–C) groups is 1. The van der Waals surface area contributed by atoms with Gasteiger partial charge in [0.15, 0.2) is 0 Å². The van der Waals surface area contributed by atoms with Crippen molar-refractivity contribution in [3.63, 3.8) is 0 Å². The summed E-state index contributed by atoms with van der Waals surface area (Å²) in [6, 6.07) is 0. The Hall–Kier alpha value is -1.62. The number of allylic oxidation sites excluding steroid dienone is 1. The van der Waals surface area contributed by atoms with Crippen LogP contribution in [0.25, 0.3) is 5.57 Å². The maximum absolute atomic E-state index is 11.3. The normalized spacial score (nSPS) is 12.2. The summed E-state index contributed by atoms with van der Waals surface area (Å²) in [4.78, 5) is 30.5. The molecular weight excluding hydrogens is 218 g/mol. The molecule has 15 heavy (non-hydrogen) atoms. The molecule has 0 aliphatic heterocycles. The maximum Gasteiger partial charge on any atom is 0.326 e. The first-order valence-corrected chi connectivity index (χ1v) is 4.52. The van der Waals surface area contributed by atoms with Crippen molar-refractivity contribution in [1.29, 1.82) is 0 Å². The van der Waals surface area contributed by atoms with Crippen molar-refractivity contribution in [2.45, 2.75) is 13.8 Å². The number of halogens is 1. The topological polar surface area (TPSA) is 78.1 Å². The minimum Gasteiger partial charge on any atom is -0.307 e. The van der Waals surface area contributed by atoms with Crippen molar-refractivity contribution >= 4 is 23.9 Å². The van der Waals surface area contributed by atoms with E-state index in [9.17, 15) is 9.59 Å². The monoisotopic (exact) mass is 227 g/mol. The molecule has 2 N–H and O–H groups in total. The van der Waals surface area contributed by atoms with Gasteiger partial charge in [0, 0.05) is 11.1 Å². The van der Waals surface area contributed by atoms with E-state index >= 15 is 0 Å². The molecule has 0 aromatic carbocycles. The number of hydrogen-bond donors (Lipinski definition) is 2. The maximum atomic E-state index is 11.3. The van der Waals surface area contributed by atoms with E-state index in [1.165, 1.54) is 0 Å². The van der Waals surface area contributed by atoms with Gasteiger partial charge in [0.2, 0.25) is 0 Å². The Morgan fingerprint density at radius 1 is 1.40 bits per heavy atom. The molecule has 6 heteroatoms. The molecule has 0 amide bonds. The lowest BCUT2D eigenvalue weighted by Crippen LogP contribution is -2.26. The Morgan fingerprint density at radius 3 is 2.53 bits per heavy atom. The van der Waals surface area contributed by atoms with Gasteiger partial charge in [0.1, 0.15) is 5.16 Å². The second-order valence-corrected chi connectivity index (χ2v) is 3.34. The number of aromatic amines is 2. The van der Waals surface area contributed by atoms with E-state index in [4.69, 9.17) is 11.6 Å². The van der Waals surface area contributed by atoms with Gasteiger partial charge in [-0.3, -0.25) is 14.8 Å². The van der Waals surface area contributed by atoms with Crippen molar-refractivity contribution in [1.82, 2.24) is 9.97 Å². The first-order valence-electron chi connectivity index (χ1n) is 4.14. The quantitative estimate of drug-likeness (QED) is 0.584. The Balaban J connectivity index is 3.59. The van der Waals surface area contributed by atoms with Crippen LogP contribution in [0.5, 0.6) is 0 Å². The number of rotatable bonds is 2. The van der Waals surface area contributed by atoms with E-state index in [-0.39, 0.29) is 5.16 Å². The third-order valence-electron chi connectivity index (χ3n) is 2.00. The van der Waals surface area contributed by atoms with Crippen LogP contribution in [0, 0.1) is 6.92 Å². The van der Waals surface area contributed by atoms with Crippen LogP contribution < -0.4 is 11.2 Å². The van der Waals surface area contributed by atoms with Crippen LogP contribution in [0.15, 0.2) is 19.7 Å². The van der Waals surface area contributed by atoms with Gasteiger partial charge in [-0.05, 0) is 20.6 Å². The smallest absolute Gasteiger partial charge is 0.307 e. The molecule has 0 atom stereocenters. The highest BCUT2D eigenvalue weighted by Crippen LogP contribution is 2.19. The Bertz CT molecular complexity index is 539. The predicted octanol–water partition coefficient (Wildman–Crippen LogP) is 1.000. The number of nitrogens with one attached hydrogen (secondary N) is 2. The van der Waals surface area contributed by atoms with Gasteiger partial charge < -0.3 is 4.98 Å². The summed E-state index contributed by atoms with van der Waals surface area (Å²) in [6.45, 7) is 6.50. The number of H-pyrrole nitrogens is 2. The molecule has 0 saturated heterocycles. The summed E-state index contributed by atoms with van der Waals surface area (Å²) in [5.41, 5.74) is 0.248. The van der Waals surface area contributed by atoms with Crippen LogP contribution in [0.1, 0.15) is 18.2 Å². The van der Waals surface area contributed by atoms with Crippen molar-refractivity contribution in [2.24, 2.45) is 4.99 Å². The average molecular weight is 228 g/mol. The molecule has 1 heterocycles. The van der Waals surface area contributed by atoms with E-state index < -0.39 is 11.2 Å². The van der Waals surface area contributed by atoms with Crippen molar-refractivity contribution < 1.29 is 0 Å². The Labute approximate surface area is 90.5 Å². The molecule has 80 valence electrons. The van der Waals surface area contributed by atoms with Crippen LogP contribution in [0.4, 0.5) is 0 Å². The zero-order valence-corrected chi connectivity index (χ0v) is 9.10. The average Bonchev–Trinajstić information content (AvgIpc) is 2.21. The summed E-state index contributed by atoms with van der Waals surface area (Å²) in [5.74, 6) is 0. The summed E-state index contributed by atoms with van der Waals surface area (Å²) < 4.78 is 0. The SMILES string of the molecule is C=N/C(Cl)=C(/C)c1[nH]c(=O)[nH]c(=O)c1C. The first-order chi connectivity index (χ1) is 6.97. The molecular formula is C9H10ClN3O2. The van der Waals surface area contributed by atoms with Gasteiger partial charge in [-0.2, -0.15) is 0 Å². The van der Waals surface area contributed by atoms with Gasteiger partial charge in [-0.25, -0.2) is 4.79 Å². The van der Waals surface area contributed by atoms with E-state index in [0.717, 1.165) is 0 Å². The molecule has 1 aromatic heterocycles. The fourth-order valence-electron chi connectivity index (χ4n) is 1.15. The third kappa shape index (κ3) is 2.24. The van der Waals surface area contributed by atoms with E-state index in [1.807, 2.05) is 0 Å². The highest BCUT2D eigenvalue weighted by molar-refractivity contribution is 6.32. The second-order valence-electron chi connectivity index (χ2n) is 2.98. The molecule has 0 spiro atoms. The Morgan fingerprint density at radius 2 is 2.00 bits per heavy atom. The first kappa shape index (κ1) is 11.5. The van der Waals surface area contributed by atoms with Gasteiger partial charge >= 0.3 is 5.69 Å². The van der Waals surface area contributed by atoms with Crippen molar-refractivity contribution in [3.05, 3.63) is 37.3 Å². The number of aromatic nitrogens is 2. The van der Waals surface area contributed by atoms with Crippen molar-refractivity contribution in [3.8, 4) is 0 Å². The molecule has 0 aliphatic carbocycles. The largest absolute Gasteiger partial charge is 0.326 e. The predicted molar refractivity (Wildman–Crippen MR) is 60.4 cm³/mol. The molecule has 0 saturated carbocycles. The summed E-state index contributed by atoms with van der Waals surface area (Å²) in [6.07, 6.45) is 0. The molecule has 1 aromatic rings. The molecule has 0 bridgehead atoms. The lowest BCUT2D eigenvalue weighted by atomic mass is 10.1. The van der Waals surface area contributed by atoms with E-state index in [0.29, 0.717) is 16.8 Å². The van der Waals surface area contributed by atoms with Crippen LogP contribution in [0.2, 0.25) is 0 Å². The van der Waals surface area contributed by atoms with E-state index in [1.54, 1.807) is 13.8 Å². The standard InChI is InChI=1S/C9H10ClN3O2/c1-4(7(10)11-3)6-5(2)8(14)13-9(15)12-6/h3H2,1-2H3,(H2,12,13,14,15)/b7-4-. The second kappa shape index (κ2) is 4.27. The lowest BCUT2D eigenvalue weighted by molar-refractivity contribution is 0.987. The fourth-order valence-corrected chi connectivity index (χ4v) is 1.24. The number of hydrogen-bond acceptors (Lipinski definition) is 3. The summed E-state index contributed by atoms with van der Waals surface area (Å²) in [7, 11) is 0. The molecule has 0 fully saturated rings. The van der Waals surface area contributed by atoms with Crippen LogP contribution in [-0.4, -0.2) is 16.7 Å². The summed E-state index contributed by atoms with van der Waals surface area (Å²) >= 11 is 5.74.